The number of alkyl carbamates (subject to hydrolysis) is 1. The molecule has 4 N–H and O–H groups in total. The number of halogens is 1. The molecule has 3 amide bonds. The number of carbonyl (C=O) groups is 5. The van der Waals surface area contributed by atoms with Crippen molar-refractivity contribution < 1.29 is 47.7 Å². The molecule has 0 radical (unpaired) electrons. The van der Waals surface area contributed by atoms with E-state index in [2.05, 4.69) is 22.5 Å². The standard InChI is InChI=1S/C48H57FN6O9S/c1-8-29-23-48(29,44(59)60)54-42(57)37-21-32(63-38-22-35(36-25-65-45(52-36)50-27(4)5)51-34-20-31(62-7)16-17-33(34)38)24-55(37)43(58)41(47(6)18-10-9-11-19-47)53-46(61)64-40(26(2)3)39(56)28-12-14-30(49)15-13-28/h8,12-17,20,22,25-27,29,32,37,40-41H,1,9-11,18-19,21,23-24H2,2-7H3,(H,50,52)(H,53,61)(H,54,57)(H,59,60)/t29?,32-,37+,40+,41-,48-/m1/s1. The molecular formula is C48H57FN6O9S. The highest BCUT2D eigenvalue weighted by atomic mass is 32.1. The SMILES string of the molecule is C=CC1C[C@]1(NC(=O)[C@@H]1C[C@@H](Oc2cc(-c3csc(NC(C)C)n3)nc3cc(OC)ccc23)CN1C(=O)[C@@H](NC(=O)O[C@H](C(=O)c1ccc(F)cc1)C(C)C)C1(C)CCCCC1)C(=O)O. The number of pyridine rings is 1. The summed E-state index contributed by atoms with van der Waals surface area (Å²) in [4.78, 5) is 80.9. The number of carbonyl (C=O) groups excluding carboxylic acids is 4. The number of nitrogens with zero attached hydrogens (tertiary/aromatic N) is 3. The summed E-state index contributed by atoms with van der Waals surface area (Å²) in [6.45, 7) is 13.0. The van der Waals surface area contributed by atoms with Crippen molar-refractivity contribution in [3.8, 4) is 22.9 Å². The van der Waals surface area contributed by atoms with Gasteiger partial charge in [-0.2, -0.15) is 0 Å². The average Bonchev–Trinajstić information content (AvgIpc) is 3.54. The zero-order chi connectivity index (χ0) is 46.8. The van der Waals surface area contributed by atoms with Crippen molar-refractivity contribution >= 4 is 57.0 Å². The monoisotopic (exact) mass is 912 g/mol. The van der Waals surface area contributed by atoms with Gasteiger partial charge in [-0.1, -0.05) is 46.1 Å². The van der Waals surface area contributed by atoms with Gasteiger partial charge >= 0.3 is 12.1 Å². The number of carboxylic acids is 1. The molecule has 0 spiro atoms. The fraction of sp³-hybridized carbons (Fsp3) is 0.479. The molecule has 7 rings (SSSR count). The van der Waals surface area contributed by atoms with Gasteiger partial charge in [-0.3, -0.25) is 14.4 Å². The molecule has 0 bridgehead atoms. The highest BCUT2D eigenvalue weighted by Gasteiger charge is 2.61. The zero-order valence-corrected chi connectivity index (χ0v) is 38.3. The van der Waals surface area contributed by atoms with E-state index in [4.69, 9.17) is 24.2 Å². The number of rotatable bonds is 17. The molecule has 2 aliphatic carbocycles. The van der Waals surface area contributed by atoms with Crippen LogP contribution in [0.25, 0.3) is 22.3 Å². The minimum Gasteiger partial charge on any atom is -0.497 e. The molecule has 1 saturated heterocycles. The van der Waals surface area contributed by atoms with Crippen LogP contribution in [0.2, 0.25) is 0 Å². The molecule has 2 saturated carbocycles. The Labute approximate surface area is 381 Å². The van der Waals surface area contributed by atoms with Crippen LogP contribution < -0.4 is 25.4 Å². The summed E-state index contributed by atoms with van der Waals surface area (Å²) in [5, 5.41) is 22.4. The molecule has 4 aromatic rings. The van der Waals surface area contributed by atoms with Crippen molar-refractivity contribution in [3.63, 3.8) is 0 Å². The van der Waals surface area contributed by atoms with E-state index in [1.807, 2.05) is 32.2 Å². The van der Waals surface area contributed by atoms with Crippen molar-refractivity contribution in [3.05, 3.63) is 77.9 Å². The summed E-state index contributed by atoms with van der Waals surface area (Å²) >= 11 is 1.44. The Morgan fingerprint density at radius 1 is 1.00 bits per heavy atom. The summed E-state index contributed by atoms with van der Waals surface area (Å²) in [6.07, 6.45) is 2.19. The average molecular weight is 913 g/mol. The van der Waals surface area contributed by atoms with Crippen LogP contribution >= 0.6 is 11.3 Å². The Bertz CT molecular complexity index is 2450. The van der Waals surface area contributed by atoms with Gasteiger partial charge in [-0.25, -0.2) is 23.9 Å². The Kier molecular flexibility index (Phi) is 13.8. The lowest BCUT2D eigenvalue weighted by molar-refractivity contribution is -0.146. The summed E-state index contributed by atoms with van der Waals surface area (Å²) < 4.78 is 31.8. The fourth-order valence-corrected chi connectivity index (χ4v) is 9.85. The van der Waals surface area contributed by atoms with Crippen molar-refractivity contribution in [2.45, 2.75) is 115 Å². The first kappa shape index (κ1) is 46.9. The van der Waals surface area contributed by atoms with Gasteiger partial charge in [0.2, 0.25) is 17.6 Å². The van der Waals surface area contributed by atoms with Crippen LogP contribution in [0.15, 0.2) is 66.6 Å². The molecule has 3 aliphatic rings. The van der Waals surface area contributed by atoms with Crippen LogP contribution in [0, 0.1) is 23.1 Å². The smallest absolute Gasteiger partial charge is 0.408 e. The molecule has 15 nitrogen and oxygen atoms in total. The van der Waals surface area contributed by atoms with E-state index in [1.54, 1.807) is 39.2 Å². The number of methoxy groups -OCH3 is 1. The second-order valence-corrected chi connectivity index (χ2v) is 19.1. The van der Waals surface area contributed by atoms with Gasteiger partial charge in [0, 0.05) is 46.8 Å². The van der Waals surface area contributed by atoms with Gasteiger partial charge in [0.25, 0.3) is 0 Å². The number of hydrogen-bond donors (Lipinski definition) is 4. The number of benzene rings is 2. The number of likely N-dealkylation sites (tertiary alicyclic amines) is 1. The number of thiazole rings is 1. The molecule has 1 aliphatic heterocycles. The quantitative estimate of drug-likeness (QED) is 0.0594. The van der Waals surface area contributed by atoms with Crippen LogP contribution in [0.3, 0.4) is 0 Å². The van der Waals surface area contributed by atoms with Gasteiger partial charge in [0.15, 0.2) is 11.2 Å². The predicted molar refractivity (Wildman–Crippen MR) is 243 cm³/mol. The first-order valence-corrected chi connectivity index (χ1v) is 23.0. The van der Waals surface area contributed by atoms with Crippen LogP contribution in [0.4, 0.5) is 14.3 Å². The number of ketones is 1. The lowest BCUT2D eigenvalue weighted by Gasteiger charge is -2.42. The van der Waals surface area contributed by atoms with Gasteiger partial charge in [-0.05, 0) is 80.8 Å². The number of nitrogens with one attached hydrogen (secondary N) is 3. The molecule has 17 heteroatoms. The van der Waals surface area contributed by atoms with Crippen molar-refractivity contribution in [1.29, 1.82) is 0 Å². The third-order valence-electron chi connectivity index (χ3n) is 12.8. The summed E-state index contributed by atoms with van der Waals surface area (Å²) in [5.74, 6) is -3.55. The molecule has 3 heterocycles. The van der Waals surface area contributed by atoms with E-state index in [0.29, 0.717) is 46.6 Å². The van der Waals surface area contributed by atoms with Gasteiger partial charge in [-0.15, -0.1) is 17.9 Å². The number of anilines is 1. The molecule has 6 atom stereocenters. The summed E-state index contributed by atoms with van der Waals surface area (Å²) in [7, 11) is 1.56. The van der Waals surface area contributed by atoms with Gasteiger partial charge < -0.3 is 40.2 Å². The topological polar surface area (TPSA) is 198 Å². The number of ether oxygens (including phenoxy) is 3. The highest BCUT2D eigenvalue weighted by Crippen LogP contribution is 2.46. The molecule has 65 heavy (non-hydrogen) atoms. The first-order valence-electron chi connectivity index (χ1n) is 22.1. The number of fused-ring (bicyclic) bond motifs is 1. The molecule has 2 aromatic carbocycles. The van der Waals surface area contributed by atoms with E-state index in [0.717, 1.165) is 36.5 Å². The minimum absolute atomic E-state index is 0.0179. The maximum Gasteiger partial charge on any atom is 0.408 e. The van der Waals surface area contributed by atoms with E-state index in [1.165, 1.54) is 34.4 Å². The van der Waals surface area contributed by atoms with E-state index in [-0.39, 0.29) is 31.0 Å². The van der Waals surface area contributed by atoms with Crippen LogP contribution in [0.1, 0.15) is 89.9 Å². The maximum atomic E-state index is 15.3. The molecule has 2 aromatic heterocycles. The fourth-order valence-electron chi connectivity index (χ4n) is 9.00. The highest BCUT2D eigenvalue weighted by molar-refractivity contribution is 7.14. The van der Waals surface area contributed by atoms with Crippen LogP contribution in [-0.2, 0) is 19.1 Å². The second kappa shape index (κ2) is 19.2. The largest absolute Gasteiger partial charge is 0.497 e. The second-order valence-electron chi connectivity index (χ2n) is 18.3. The number of aliphatic carboxylic acids is 1. The Hall–Kier alpha value is -6.10. The molecule has 1 unspecified atom stereocenters. The molecule has 346 valence electrons. The first-order chi connectivity index (χ1) is 30.9. The Morgan fingerprint density at radius 3 is 2.35 bits per heavy atom. The zero-order valence-electron chi connectivity index (χ0n) is 37.5. The molecule has 3 fully saturated rings. The normalized spacial score (nSPS) is 22.2. The van der Waals surface area contributed by atoms with Crippen molar-refractivity contribution in [1.82, 2.24) is 25.5 Å². The lowest BCUT2D eigenvalue weighted by atomic mass is 9.70. The van der Waals surface area contributed by atoms with E-state index >= 15 is 4.79 Å². The summed E-state index contributed by atoms with van der Waals surface area (Å²) in [5.41, 5.74) is -0.537. The number of amides is 3. The molecular weight excluding hydrogens is 856 g/mol. The number of aromatic nitrogens is 2. The van der Waals surface area contributed by atoms with Gasteiger partial charge in [0.05, 0.1) is 24.9 Å². The van der Waals surface area contributed by atoms with Gasteiger partial charge in [0.1, 0.15) is 46.7 Å². The number of hydrogen-bond acceptors (Lipinski definition) is 12. The third kappa shape index (κ3) is 10.1. The lowest BCUT2D eigenvalue weighted by Crippen LogP contribution is -2.60. The van der Waals surface area contributed by atoms with E-state index in [9.17, 15) is 28.7 Å². The van der Waals surface area contributed by atoms with Crippen molar-refractivity contribution in [2.24, 2.45) is 17.3 Å². The van der Waals surface area contributed by atoms with E-state index < -0.39 is 82.6 Å². The number of carboxylic acid groups (broad SMARTS) is 1. The minimum atomic E-state index is -1.59. The van der Waals surface area contributed by atoms with Crippen molar-refractivity contribution in [2.75, 3.05) is 19.0 Å². The number of Topliss-reactive ketones (excluding diaryl/α,β-unsaturated/α-hetero) is 1. The van der Waals surface area contributed by atoms with Crippen LogP contribution in [-0.4, -0.2) is 99.2 Å². The van der Waals surface area contributed by atoms with Crippen LogP contribution in [0.5, 0.6) is 11.5 Å². The summed E-state index contributed by atoms with van der Waals surface area (Å²) in [6, 6.07) is 9.81. The Balaban J connectivity index is 1.22. The Morgan fingerprint density at radius 2 is 1.72 bits per heavy atom. The third-order valence-corrected chi connectivity index (χ3v) is 13.5. The maximum absolute atomic E-state index is 15.3. The predicted octanol–water partition coefficient (Wildman–Crippen LogP) is 7.79.